The second-order valence-corrected chi connectivity index (χ2v) is 4.57. The van der Waals surface area contributed by atoms with Gasteiger partial charge in [-0.15, -0.1) is 0 Å². The van der Waals surface area contributed by atoms with Gasteiger partial charge in [-0.05, 0) is 20.8 Å². The molecule has 1 rings (SSSR count). The zero-order valence-corrected chi connectivity index (χ0v) is 8.60. The Morgan fingerprint density at radius 2 is 2.15 bits per heavy atom. The van der Waals surface area contributed by atoms with E-state index in [0.717, 1.165) is 11.8 Å². The summed E-state index contributed by atoms with van der Waals surface area (Å²) in [5.74, 6) is -0.539. The van der Waals surface area contributed by atoms with Crippen LogP contribution in [0.4, 0.5) is 0 Å². The molecule has 0 fully saturated rings. The van der Waals surface area contributed by atoms with Gasteiger partial charge in [-0.3, -0.25) is 4.79 Å². The number of carbonyl (C=O) groups excluding carboxylic acids is 2. The molecule has 0 saturated heterocycles. The van der Waals surface area contributed by atoms with Crippen LogP contribution in [-0.2, 0) is 14.3 Å². The first-order valence-electron chi connectivity index (χ1n) is 3.86. The molecule has 0 unspecified atom stereocenters. The molecule has 0 saturated carbocycles. The predicted molar refractivity (Wildman–Crippen MR) is 50.7 cm³/mol. The van der Waals surface area contributed by atoms with Crippen LogP contribution in [0.3, 0.4) is 0 Å². The van der Waals surface area contributed by atoms with Crippen LogP contribution >= 0.6 is 11.8 Å². The number of nitrogens with zero attached hydrogens (tertiary/aromatic N) is 1. The number of carbonyl (C=O) groups is 2. The van der Waals surface area contributed by atoms with E-state index >= 15 is 0 Å². The number of amides is 1. The minimum absolute atomic E-state index is 0.167. The monoisotopic (exact) mass is 201 g/mol. The van der Waals surface area contributed by atoms with E-state index in [1.54, 1.807) is 20.8 Å². The maximum atomic E-state index is 11.3. The molecule has 0 aliphatic carbocycles. The Hall–Kier alpha value is -0.840. The first kappa shape index (κ1) is 10.2. The van der Waals surface area contributed by atoms with Gasteiger partial charge in [0.05, 0.1) is 5.75 Å². The minimum atomic E-state index is -0.536. The Balaban J connectivity index is 2.59. The Labute approximate surface area is 80.7 Å². The summed E-state index contributed by atoms with van der Waals surface area (Å²) in [6.07, 6.45) is 0. The molecule has 1 amide bonds. The largest absolute Gasteiger partial charge is 0.455 e. The van der Waals surface area contributed by atoms with Crippen LogP contribution in [0.15, 0.2) is 4.99 Å². The number of ether oxygens (including phenoxy) is 1. The fourth-order valence-corrected chi connectivity index (χ4v) is 1.38. The molecular formula is C8H11NO3S. The molecule has 4 nitrogen and oxygen atoms in total. The molecule has 5 heteroatoms. The fraction of sp³-hybridized carbons (Fsp3) is 0.625. The SMILES string of the molecule is CC(C)(C)OC(=O)C1=NC(=O)CS1. The lowest BCUT2D eigenvalue weighted by Gasteiger charge is -2.18. The van der Waals surface area contributed by atoms with Gasteiger partial charge in [-0.2, -0.15) is 4.99 Å². The quantitative estimate of drug-likeness (QED) is 0.594. The van der Waals surface area contributed by atoms with Gasteiger partial charge in [0.25, 0.3) is 5.91 Å². The van der Waals surface area contributed by atoms with Crippen molar-refractivity contribution in [2.45, 2.75) is 26.4 Å². The van der Waals surface area contributed by atoms with Crippen molar-refractivity contribution in [2.24, 2.45) is 4.99 Å². The van der Waals surface area contributed by atoms with E-state index in [-0.39, 0.29) is 16.7 Å². The van der Waals surface area contributed by atoms with E-state index in [0.29, 0.717) is 0 Å². The maximum absolute atomic E-state index is 11.3. The molecule has 1 aliphatic rings. The lowest BCUT2D eigenvalue weighted by atomic mass is 10.2. The third kappa shape index (κ3) is 3.18. The van der Waals surface area contributed by atoms with Crippen molar-refractivity contribution in [1.29, 1.82) is 0 Å². The third-order valence-electron chi connectivity index (χ3n) is 1.13. The highest BCUT2D eigenvalue weighted by Gasteiger charge is 2.26. The van der Waals surface area contributed by atoms with Gasteiger partial charge >= 0.3 is 5.97 Å². The number of thioether (sulfide) groups is 1. The highest BCUT2D eigenvalue weighted by molar-refractivity contribution is 8.16. The normalized spacial score (nSPS) is 17.2. The first-order valence-corrected chi connectivity index (χ1v) is 4.85. The summed E-state index contributed by atoms with van der Waals surface area (Å²) >= 11 is 1.13. The topological polar surface area (TPSA) is 55.7 Å². The smallest absolute Gasteiger partial charge is 0.364 e. The van der Waals surface area contributed by atoms with Crippen molar-refractivity contribution in [3.8, 4) is 0 Å². The Morgan fingerprint density at radius 3 is 2.54 bits per heavy atom. The van der Waals surface area contributed by atoms with Crippen molar-refractivity contribution in [3.05, 3.63) is 0 Å². The molecule has 13 heavy (non-hydrogen) atoms. The van der Waals surface area contributed by atoms with Gasteiger partial charge in [0.1, 0.15) is 5.60 Å². The average Bonchev–Trinajstić information content (AvgIpc) is 2.31. The number of esters is 1. The molecule has 0 N–H and O–H groups in total. The zero-order chi connectivity index (χ0) is 10.1. The van der Waals surface area contributed by atoms with E-state index in [9.17, 15) is 9.59 Å². The molecule has 0 atom stereocenters. The van der Waals surface area contributed by atoms with E-state index < -0.39 is 11.6 Å². The Morgan fingerprint density at radius 1 is 1.54 bits per heavy atom. The van der Waals surface area contributed by atoms with Crippen LogP contribution in [0.5, 0.6) is 0 Å². The van der Waals surface area contributed by atoms with Gasteiger partial charge in [0.15, 0.2) is 5.04 Å². The van der Waals surface area contributed by atoms with Crippen molar-refractivity contribution in [2.75, 3.05) is 5.75 Å². The van der Waals surface area contributed by atoms with E-state index in [2.05, 4.69) is 4.99 Å². The Bertz CT molecular complexity index is 278. The van der Waals surface area contributed by atoms with Crippen molar-refractivity contribution < 1.29 is 14.3 Å². The Kier molecular flexibility index (Phi) is 2.75. The number of rotatable bonds is 1. The van der Waals surface area contributed by atoms with Crippen LogP contribution < -0.4 is 0 Å². The molecule has 0 spiro atoms. The highest BCUT2D eigenvalue weighted by Crippen LogP contribution is 2.17. The molecular weight excluding hydrogens is 190 g/mol. The van der Waals surface area contributed by atoms with Crippen LogP contribution in [0.1, 0.15) is 20.8 Å². The molecule has 0 aromatic carbocycles. The van der Waals surface area contributed by atoms with Gasteiger partial charge < -0.3 is 4.74 Å². The van der Waals surface area contributed by atoms with E-state index in [1.165, 1.54) is 0 Å². The average molecular weight is 201 g/mol. The summed E-state index contributed by atoms with van der Waals surface area (Å²) in [4.78, 5) is 25.5. The van der Waals surface area contributed by atoms with Gasteiger partial charge in [0, 0.05) is 0 Å². The van der Waals surface area contributed by atoms with Crippen molar-refractivity contribution in [3.63, 3.8) is 0 Å². The van der Waals surface area contributed by atoms with Crippen LogP contribution in [0, 0.1) is 0 Å². The summed E-state index contributed by atoms with van der Waals surface area (Å²) in [5.41, 5.74) is -0.536. The van der Waals surface area contributed by atoms with E-state index in [4.69, 9.17) is 4.74 Å². The van der Waals surface area contributed by atoms with Crippen molar-refractivity contribution in [1.82, 2.24) is 0 Å². The number of hydrogen-bond acceptors (Lipinski definition) is 4. The van der Waals surface area contributed by atoms with Gasteiger partial charge in [-0.1, -0.05) is 11.8 Å². The lowest BCUT2D eigenvalue weighted by molar-refractivity contribution is -0.145. The number of hydrogen-bond donors (Lipinski definition) is 0. The lowest BCUT2D eigenvalue weighted by Crippen LogP contribution is -2.27. The minimum Gasteiger partial charge on any atom is -0.455 e. The second-order valence-electron chi connectivity index (χ2n) is 3.60. The second kappa shape index (κ2) is 3.49. The summed E-state index contributed by atoms with van der Waals surface area (Å²) in [5, 5.41) is 0.167. The molecule has 0 bridgehead atoms. The summed E-state index contributed by atoms with van der Waals surface area (Å²) < 4.78 is 5.03. The molecule has 0 radical (unpaired) electrons. The third-order valence-corrected chi connectivity index (χ3v) is 2.05. The van der Waals surface area contributed by atoms with E-state index in [1.807, 2.05) is 0 Å². The van der Waals surface area contributed by atoms with Crippen LogP contribution in [0.25, 0.3) is 0 Å². The number of aliphatic imine (C=N–C) groups is 1. The summed E-state index contributed by atoms with van der Waals surface area (Å²) in [6.45, 7) is 5.31. The van der Waals surface area contributed by atoms with Crippen molar-refractivity contribution >= 4 is 28.7 Å². The van der Waals surface area contributed by atoms with Crippen LogP contribution in [0.2, 0.25) is 0 Å². The molecule has 0 aromatic rings. The van der Waals surface area contributed by atoms with Crippen LogP contribution in [-0.4, -0.2) is 28.3 Å². The summed E-state index contributed by atoms with van der Waals surface area (Å²) in [7, 11) is 0. The standard InChI is InChI=1S/C8H11NO3S/c1-8(2,3)12-7(11)6-9-5(10)4-13-6/h4H2,1-3H3. The zero-order valence-electron chi connectivity index (χ0n) is 7.79. The molecule has 0 aromatic heterocycles. The van der Waals surface area contributed by atoms with Gasteiger partial charge in [0.2, 0.25) is 0 Å². The first-order chi connectivity index (χ1) is 5.88. The maximum Gasteiger partial charge on any atom is 0.364 e. The van der Waals surface area contributed by atoms with Gasteiger partial charge in [-0.25, -0.2) is 4.79 Å². The summed E-state index contributed by atoms with van der Waals surface area (Å²) in [6, 6.07) is 0. The molecule has 1 heterocycles. The fourth-order valence-electron chi connectivity index (χ4n) is 0.734. The molecule has 72 valence electrons. The molecule has 1 aliphatic heterocycles. The highest BCUT2D eigenvalue weighted by atomic mass is 32.2. The predicted octanol–water partition coefficient (Wildman–Crippen LogP) is 1.000.